The summed E-state index contributed by atoms with van der Waals surface area (Å²) in [5.74, 6) is 0.652. The normalized spacial score (nSPS) is 30.2. The fraction of sp³-hybridized carbons (Fsp3) is 0.889. The number of rotatable bonds is 3. The first-order valence-electron chi connectivity index (χ1n) is 4.28. The van der Waals surface area contributed by atoms with Gasteiger partial charge in [-0.3, -0.25) is 0 Å². The maximum absolute atomic E-state index is 8.39. The smallest absolute Gasteiger partial charge is 0.0621 e. The van der Waals surface area contributed by atoms with E-state index in [1.807, 2.05) is 0 Å². The van der Waals surface area contributed by atoms with Gasteiger partial charge in [-0.25, -0.2) is 0 Å². The van der Waals surface area contributed by atoms with Gasteiger partial charge in [0.05, 0.1) is 12.2 Å². The molecule has 1 aliphatic rings. The molecule has 0 aromatic rings. The minimum absolute atomic E-state index is 0.434. The molecule has 0 aliphatic heterocycles. The van der Waals surface area contributed by atoms with Crippen molar-refractivity contribution in [1.82, 2.24) is 0 Å². The number of nitriles is 1. The molecule has 2 heteroatoms. The van der Waals surface area contributed by atoms with E-state index in [4.69, 9.17) is 10.00 Å². The average Bonchev–Trinajstić information content (AvgIpc) is 2.47. The fourth-order valence-corrected chi connectivity index (χ4v) is 1.89. The standard InChI is InChI=1S/C9H15NO/c1-11-9-6-2-4-8(9)5-3-7-10/h8-9H,2-6H2,1H3/t8-,9+/m0/s1. The largest absolute Gasteiger partial charge is 0.381 e. The maximum Gasteiger partial charge on any atom is 0.0621 e. The number of methoxy groups -OCH3 is 1. The Balaban J connectivity index is 2.27. The van der Waals surface area contributed by atoms with Gasteiger partial charge in [0.1, 0.15) is 0 Å². The van der Waals surface area contributed by atoms with Crippen LogP contribution >= 0.6 is 0 Å². The number of ether oxygens (including phenoxy) is 1. The Morgan fingerprint density at radius 3 is 3.00 bits per heavy atom. The second kappa shape index (κ2) is 4.35. The summed E-state index contributed by atoms with van der Waals surface area (Å²) < 4.78 is 5.31. The van der Waals surface area contributed by atoms with Crippen molar-refractivity contribution in [3.05, 3.63) is 0 Å². The highest BCUT2D eigenvalue weighted by Crippen LogP contribution is 2.30. The predicted octanol–water partition coefficient (Wildman–Crippen LogP) is 2.11. The van der Waals surface area contributed by atoms with E-state index in [1.54, 1.807) is 7.11 Å². The molecule has 2 nitrogen and oxygen atoms in total. The molecule has 0 heterocycles. The number of nitrogens with zero attached hydrogens (tertiary/aromatic N) is 1. The van der Waals surface area contributed by atoms with Gasteiger partial charge in [-0.2, -0.15) is 5.26 Å². The first-order chi connectivity index (χ1) is 5.38. The van der Waals surface area contributed by atoms with Gasteiger partial charge in [0.25, 0.3) is 0 Å². The number of hydrogen-bond acceptors (Lipinski definition) is 2. The van der Waals surface area contributed by atoms with Crippen LogP contribution < -0.4 is 0 Å². The minimum atomic E-state index is 0.434. The average molecular weight is 153 g/mol. The summed E-state index contributed by atoms with van der Waals surface area (Å²) in [4.78, 5) is 0. The molecule has 1 saturated carbocycles. The SMILES string of the molecule is CO[C@@H]1CCC[C@H]1CCC#N. The first-order valence-corrected chi connectivity index (χ1v) is 4.28. The van der Waals surface area contributed by atoms with E-state index in [9.17, 15) is 0 Å². The molecule has 0 amide bonds. The third-order valence-corrected chi connectivity index (χ3v) is 2.52. The molecular weight excluding hydrogens is 138 g/mol. The monoisotopic (exact) mass is 153 g/mol. The Kier molecular flexibility index (Phi) is 3.38. The molecule has 1 rings (SSSR count). The highest BCUT2D eigenvalue weighted by atomic mass is 16.5. The van der Waals surface area contributed by atoms with Gasteiger partial charge in [-0.1, -0.05) is 6.42 Å². The van der Waals surface area contributed by atoms with Crippen LogP contribution in [0.4, 0.5) is 0 Å². The van der Waals surface area contributed by atoms with Gasteiger partial charge in [-0.05, 0) is 25.2 Å². The lowest BCUT2D eigenvalue weighted by Crippen LogP contribution is -2.15. The zero-order valence-electron chi connectivity index (χ0n) is 7.05. The zero-order chi connectivity index (χ0) is 8.10. The van der Waals surface area contributed by atoms with Crippen molar-refractivity contribution in [2.45, 2.75) is 38.2 Å². The fourth-order valence-electron chi connectivity index (χ4n) is 1.89. The summed E-state index contributed by atoms with van der Waals surface area (Å²) in [6.45, 7) is 0. The van der Waals surface area contributed by atoms with Crippen molar-refractivity contribution in [2.24, 2.45) is 5.92 Å². The summed E-state index contributed by atoms with van der Waals surface area (Å²) >= 11 is 0. The highest BCUT2D eigenvalue weighted by molar-refractivity contribution is 4.81. The Bertz CT molecular complexity index is 150. The molecular formula is C9H15NO. The van der Waals surface area contributed by atoms with Crippen molar-refractivity contribution in [3.8, 4) is 6.07 Å². The van der Waals surface area contributed by atoms with E-state index in [0.29, 0.717) is 18.4 Å². The highest BCUT2D eigenvalue weighted by Gasteiger charge is 2.26. The summed E-state index contributed by atoms with van der Waals surface area (Å²) in [5.41, 5.74) is 0. The lowest BCUT2D eigenvalue weighted by molar-refractivity contribution is 0.0686. The van der Waals surface area contributed by atoms with Crippen LogP contribution in [0, 0.1) is 17.2 Å². The van der Waals surface area contributed by atoms with Crippen molar-refractivity contribution in [1.29, 1.82) is 5.26 Å². The summed E-state index contributed by atoms with van der Waals surface area (Å²) in [7, 11) is 1.77. The van der Waals surface area contributed by atoms with Crippen molar-refractivity contribution in [2.75, 3.05) is 7.11 Å². The van der Waals surface area contributed by atoms with Gasteiger partial charge in [-0.15, -0.1) is 0 Å². The van der Waals surface area contributed by atoms with Crippen molar-refractivity contribution in [3.63, 3.8) is 0 Å². The molecule has 0 spiro atoms. The zero-order valence-corrected chi connectivity index (χ0v) is 7.05. The summed E-state index contributed by atoms with van der Waals surface area (Å²) in [5, 5.41) is 8.39. The van der Waals surface area contributed by atoms with E-state index in [0.717, 1.165) is 6.42 Å². The Hall–Kier alpha value is -0.550. The van der Waals surface area contributed by atoms with Crippen LogP contribution in [0.5, 0.6) is 0 Å². The van der Waals surface area contributed by atoms with Crippen LogP contribution in [0.2, 0.25) is 0 Å². The molecule has 0 aromatic heterocycles. The van der Waals surface area contributed by atoms with Gasteiger partial charge < -0.3 is 4.74 Å². The molecule has 11 heavy (non-hydrogen) atoms. The Morgan fingerprint density at radius 2 is 2.36 bits per heavy atom. The van der Waals surface area contributed by atoms with Crippen LogP contribution in [0.3, 0.4) is 0 Å². The van der Waals surface area contributed by atoms with Crippen LogP contribution in [-0.2, 0) is 4.74 Å². The van der Waals surface area contributed by atoms with Crippen LogP contribution in [0.25, 0.3) is 0 Å². The predicted molar refractivity (Wildman–Crippen MR) is 43.0 cm³/mol. The molecule has 1 aliphatic carbocycles. The molecule has 0 radical (unpaired) electrons. The third-order valence-electron chi connectivity index (χ3n) is 2.52. The molecule has 0 unspecified atom stereocenters. The molecule has 0 bridgehead atoms. The summed E-state index contributed by atoms with van der Waals surface area (Å²) in [6, 6.07) is 2.18. The second-order valence-electron chi connectivity index (χ2n) is 3.16. The topological polar surface area (TPSA) is 33.0 Å². The van der Waals surface area contributed by atoms with E-state index < -0.39 is 0 Å². The lowest BCUT2D eigenvalue weighted by Gasteiger charge is -2.15. The summed E-state index contributed by atoms with van der Waals surface area (Å²) in [6.07, 6.45) is 5.85. The van der Waals surface area contributed by atoms with Gasteiger partial charge in [0.15, 0.2) is 0 Å². The molecule has 0 aromatic carbocycles. The first kappa shape index (κ1) is 8.55. The number of hydrogen-bond donors (Lipinski definition) is 0. The molecule has 2 atom stereocenters. The molecule has 0 N–H and O–H groups in total. The van der Waals surface area contributed by atoms with Crippen LogP contribution in [0.1, 0.15) is 32.1 Å². The van der Waals surface area contributed by atoms with Crippen molar-refractivity contribution >= 4 is 0 Å². The molecule has 0 saturated heterocycles. The second-order valence-corrected chi connectivity index (χ2v) is 3.16. The minimum Gasteiger partial charge on any atom is -0.381 e. The Morgan fingerprint density at radius 1 is 1.55 bits per heavy atom. The van der Waals surface area contributed by atoms with Crippen LogP contribution in [-0.4, -0.2) is 13.2 Å². The molecule has 1 fully saturated rings. The van der Waals surface area contributed by atoms with Gasteiger partial charge >= 0.3 is 0 Å². The van der Waals surface area contributed by atoms with Crippen molar-refractivity contribution < 1.29 is 4.74 Å². The van der Waals surface area contributed by atoms with E-state index >= 15 is 0 Å². The third kappa shape index (κ3) is 2.20. The Labute approximate surface area is 68.2 Å². The van der Waals surface area contributed by atoms with E-state index in [2.05, 4.69) is 6.07 Å². The molecule has 62 valence electrons. The lowest BCUT2D eigenvalue weighted by atomic mass is 10.0. The van der Waals surface area contributed by atoms with E-state index in [-0.39, 0.29) is 0 Å². The quantitative estimate of drug-likeness (QED) is 0.622. The van der Waals surface area contributed by atoms with Gasteiger partial charge in [0, 0.05) is 13.5 Å². The van der Waals surface area contributed by atoms with Crippen LogP contribution in [0.15, 0.2) is 0 Å². The van der Waals surface area contributed by atoms with Gasteiger partial charge in [0.2, 0.25) is 0 Å². The maximum atomic E-state index is 8.39. The van der Waals surface area contributed by atoms with E-state index in [1.165, 1.54) is 19.3 Å².